The van der Waals surface area contributed by atoms with Gasteiger partial charge in [-0.05, 0) is 48.0 Å². The van der Waals surface area contributed by atoms with Crippen molar-refractivity contribution < 1.29 is 4.39 Å². The fraction of sp³-hybridized carbons (Fsp3) is 0. The normalized spacial score (nSPS) is 11.0. The molecule has 0 aliphatic carbocycles. The molecular weight excluding hydrogens is 277 g/mol. The number of H-pyrrole nitrogens is 1. The number of aromatic amines is 1. The lowest BCUT2D eigenvalue weighted by Gasteiger charge is -2.09. The summed E-state index contributed by atoms with van der Waals surface area (Å²) in [4.78, 5) is 4.48. The second kappa shape index (κ2) is 5.07. The molecule has 0 saturated heterocycles. The van der Waals surface area contributed by atoms with Gasteiger partial charge in [0.1, 0.15) is 5.82 Å². The molecule has 1 N–H and O–H groups in total. The standard InChI is InChI=1S/C18H12FN3/c19-15-6-3-12(4-7-15)18-16(2-1-9-20-18)13-5-8-17-14(10-13)11-21-22-17/h1-11H,(H,21,22). The van der Waals surface area contributed by atoms with Crippen LogP contribution in [-0.4, -0.2) is 15.2 Å². The van der Waals surface area contributed by atoms with E-state index in [-0.39, 0.29) is 5.82 Å². The van der Waals surface area contributed by atoms with Crippen LogP contribution in [-0.2, 0) is 0 Å². The summed E-state index contributed by atoms with van der Waals surface area (Å²) in [5, 5.41) is 8.04. The van der Waals surface area contributed by atoms with Gasteiger partial charge in [0.15, 0.2) is 0 Å². The third-order valence-electron chi connectivity index (χ3n) is 3.68. The highest BCUT2D eigenvalue weighted by Crippen LogP contribution is 2.31. The van der Waals surface area contributed by atoms with Crippen LogP contribution in [0.1, 0.15) is 0 Å². The zero-order valence-corrected chi connectivity index (χ0v) is 11.6. The first kappa shape index (κ1) is 12.7. The van der Waals surface area contributed by atoms with Gasteiger partial charge >= 0.3 is 0 Å². The van der Waals surface area contributed by atoms with Gasteiger partial charge in [0.25, 0.3) is 0 Å². The number of nitrogens with zero attached hydrogens (tertiary/aromatic N) is 2. The van der Waals surface area contributed by atoms with Gasteiger partial charge in [0.05, 0.1) is 17.4 Å². The highest BCUT2D eigenvalue weighted by molar-refractivity contribution is 5.88. The summed E-state index contributed by atoms with van der Waals surface area (Å²) in [5.74, 6) is -0.249. The van der Waals surface area contributed by atoms with Crippen LogP contribution in [0.2, 0.25) is 0 Å². The van der Waals surface area contributed by atoms with E-state index in [1.165, 1.54) is 12.1 Å². The lowest BCUT2D eigenvalue weighted by molar-refractivity contribution is 0.628. The van der Waals surface area contributed by atoms with Gasteiger partial charge in [-0.3, -0.25) is 10.1 Å². The molecule has 0 aliphatic heterocycles. The van der Waals surface area contributed by atoms with Gasteiger partial charge in [0.2, 0.25) is 0 Å². The van der Waals surface area contributed by atoms with Crippen LogP contribution < -0.4 is 0 Å². The Hall–Kier alpha value is -3.01. The maximum absolute atomic E-state index is 13.1. The van der Waals surface area contributed by atoms with E-state index in [1.807, 2.05) is 24.3 Å². The van der Waals surface area contributed by atoms with Crippen LogP contribution >= 0.6 is 0 Å². The number of rotatable bonds is 2. The summed E-state index contributed by atoms with van der Waals surface area (Å²) in [6, 6.07) is 16.4. The summed E-state index contributed by atoms with van der Waals surface area (Å²) in [6.45, 7) is 0. The monoisotopic (exact) mass is 289 g/mol. The van der Waals surface area contributed by atoms with E-state index in [9.17, 15) is 4.39 Å². The maximum Gasteiger partial charge on any atom is 0.123 e. The molecular formula is C18H12FN3. The Kier molecular flexibility index (Phi) is 2.93. The van der Waals surface area contributed by atoms with E-state index in [1.54, 1.807) is 24.5 Å². The third-order valence-corrected chi connectivity index (χ3v) is 3.68. The number of benzene rings is 2. The van der Waals surface area contributed by atoms with E-state index < -0.39 is 0 Å². The predicted molar refractivity (Wildman–Crippen MR) is 84.7 cm³/mol. The molecule has 4 aromatic rings. The van der Waals surface area contributed by atoms with Gasteiger partial charge in [-0.2, -0.15) is 5.10 Å². The first-order valence-electron chi connectivity index (χ1n) is 6.96. The second-order valence-corrected chi connectivity index (χ2v) is 5.08. The molecule has 2 heterocycles. The summed E-state index contributed by atoms with van der Waals surface area (Å²) >= 11 is 0. The molecule has 0 radical (unpaired) electrons. The molecule has 4 heteroatoms. The Morgan fingerprint density at radius 1 is 0.909 bits per heavy atom. The SMILES string of the molecule is Fc1ccc(-c2ncccc2-c2ccc3[nH]ncc3c2)cc1. The molecule has 0 spiro atoms. The quantitative estimate of drug-likeness (QED) is 0.593. The topological polar surface area (TPSA) is 41.6 Å². The summed E-state index contributed by atoms with van der Waals surface area (Å²) in [5.41, 5.74) is 4.80. The molecule has 0 amide bonds. The van der Waals surface area contributed by atoms with Crippen LogP contribution in [0, 0.1) is 5.82 Å². The van der Waals surface area contributed by atoms with Crippen LogP contribution in [0.15, 0.2) is 67.0 Å². The van der Waals surface area contributed by atoms with Crippen molar-refractivity contribution in [1.29, 1.82) is 0 Å². The Labute approximate surface area is 126 Å². The van der Waals surface area contributed by atoms with E-state index in [0.717, 1.165) is 33.3 Å². The van der Waals surface area contributed by atoms with Crippen molar-refractivity contribution >= 4 is 10.9 Å². The average Bonchev–Trinajstić information content (AvgIpc) is 3.03. The van der Waals surface area contributed by atoms with Crippen molar-refractivity contribution in [3.8, 4) is 22.4 Å². The van der Waals surface area contributed by atoms with Crippen molar-refractivity contribution in [2.45, 2.75) is 0 Å². The molecule has 2 aromatic heterocycles. The maximum atomic E-state index is 13.1. The lowest BCUT2D eigenvalue weighted by Crippen LogP contribution is -1.89. The first-order valence-corrected chi connectivity index (χ1v) is 6.96. The largest absolute Gasteiger partial charge is 0.278 e. The molecule has 22 heavy (non-hydrogen) atoms. The minimum Gasteiger partial charge on any atom is -0.278 e. The molecule has 4 rings (SSSR count). The molecule has 0 unspecified atom stereocenters. The van der Waals surface area contributed by atoms with E-state index in [2.05, 4.69) is 21.2 Å². The number of hydrogen-bond acceptors (Lipinski definition) is 2. The third kappa shape index (κ3) is 2.15. The van der Waals surface area contributed by atoms with Crippen molar-refractivity contribution in [2.75, 3.05) is 0 Å². The van der Waals surface area contributed by atoms with Crippen molar-refractivity contribution in [1.82, 2.24) is 15.2 Å². The van der Waals surface area contributed by atoms with Crippen molar-refractivity contribution in [3.05, 3.63) is 72.8 Å². The predicted octanol–water partition coefficient (Wildman–Crippen LogP) is 4.43. The Balaban J connectivity index is 1.89. The smallest absolute Gasteiger partial charge is 0.123 e. The Morgan fingerprint density at radius 2 is 1.73 bits per heavy atom. The Bertz CT molecular complexity index is 942. The van der Waals surface area contributed by atoms with Gasteiger partial charge in [0, 0.05) is 22.7 Å². The van der Waals surface area contributed by atoms with Crippen molar-refractivity contribution in [2.24, 2.45) is 0 Å². The molecule has 0 aliphatic rings. The highest BCUT2D eigenvalue weighted by Gasteiger charge is 2.09. The molecule has 0 fully saturated rings. The van der Waals surface area contributed by atoms with Crippen LogP contribution in [0.4, 0.5) is 4.39 Å². The second-order valence-electron chi connectivity index (χ2n) is 5.08. The van der Waals surface area contributed by atoms with E-state index >= 15 is 0 Å². The molecule has 3 nitrogen and oxygen atoms in total. The number of aromatic nitrogens is 3. The lowest BCUT2D eigenvalue weighted by atomic mass is 9.98. The number of pyridine rings is 1. The van der Waals surface area contributed by atoms with Gasteiger partial charge < -0.3 is 0 Å². The molecule has 2 aromatic carbocycles. The highest BCUT2D eigenvalue weighted by atomic mass is 19.1. The molecule has 106 valence electrons. The number of hydrogen-bond donors (Lipinski definition) is 1. The first-order chi connectivity index (χ1) is 10.8. The van der Waals surface area contributed by atoms with Gasteiger partial charge in [-0.1, -0.05) is 12.1 Å². The van der Waals surface area contributed by atoms with Gasteiger partial charge in [-0.15, -0.1) is 0 Å². The van der Waals surface area contributed by atoms with E-state index in [0.29, 0.717) is 0 Å². The van der Waals surface area contributed by atoms with Crippen LogP contribution in [0.3, 0.4) is 0 Å². The molecule has 0 atom stereocenters. The number of nitrogens with one attached hydrogen (secondary N) is 1. The fourth-order valence-electron chi connectivity index (χ4n) is 2.59. The fourth-order valence-corrected chi connectivity index (χ4v) is 2.59. The summed E-state index contributed by atoms with van der Waals surface area (Å²) in [7, 11) is 0. The summed E-state index contributed by atoms with van der Waals surface area (Å²) < 4.78 is 13.1. The van der Waals surface area contributed by atoms with E-state index in [4.69, 9.17) is 0 Å². The molecule has 0 bridgehead atoms. The average molecular weight is 289 g/mol. The minimum atomic E-state index is -0.249. The zero-order valence-electron chi connectivity index (χ0n) is 11.6. The van der Waals surface area contributed by atoms with Crippen LogP contribution in [0.5, 0.6) is 0 Å². The van der Waals surface area contributed by atoms with Crippen molar-refractivity contribution in [3.63, 3.8) is 0 Å². The number of fused-ring (bicyclic) bond motifs is 1. The zero-order chi connectivity index (χ0) is 14.9. The number of halogens is 1. The Morgan fingerprint density at radius 3 is 2.59 bits per heavy atom. The minimum absolute atomic E-state index is 0.249. The van der Waals surface area contributed by atoms with Gasteiger partial charge in [-0.25, -0.2) is 4.39 Å². The van der Waals surface area contributed by atoms with Crippen LogP contribution in [0.25, 0.3) is 33.3 Å². The summed E-state index contributed by atoms with van der Waals surface area (Å²) in [6.07, 6.45) is 3.55. The molecule has 0 saturated carbocycles.